The van der Waals surface area contributed by atoms with Crippen molar-refractivity contribution in [2.24, 2.45) is 5.92 Å². The van der Waals surface area contributed by atoms with Crippen molar-refractivity contribution in [3.05, 3.63) is 72.3 Å². The molecule has 0 atom stereocenters. The zero-order chi connectivity index (χ0) is 22.4. The molecule has 2 N–H and O–H groups in total. The van der Waals surface area contributed by atoms with Gasteiger partial charge in [0.15, 0.2) is 11.5 Å². The van der Waals surface area contributed by atoms with E-state index in [0.29, 0.717) is 17.2 Å². The molecule has 0 aliphatic heterocycles. The van der Waals surface area contributed by atoms with E-state index < -0.39 is 0 Å². The van der Waals surface area contributed by atoms with E-state index >= 15 is 0 Å². The average Bonchev–Trinajstić information content (AvgIpc) is 2.75. The van der Waals surface area contributed by atoms with Crippen LogP contribution in [0.2, 0.25) is 0 Å². The molecule has 0 unspecified atom stereocenters. The summed E-state index contributed by atoms with van der Waals surface area (Å²) in [6, 6.07) is 19.6. The minimum atomic E-state index is -0.274. The third-order valence-corrected chi connectivity index (χ3v) is 4.63. The zero-order valence-corrected chi connectivity index (χ0v) is 17.7. The highest BCUT2D eigenvalue weighted by atomic mass is 16.5. The summed E-state index contributed by atoms with van der Waals surface area (Å²) in [4.78, 5) is 24.2. The van der Waals surface area contributed by atoms with Gasteiger partial charge >= 0.3 is 5.97 Å². The Morgan fingerprint density at radius 1 is 0.968 bits per heavy atom. The average molecular weight is 419 g/mol. The molecule has 31 heavy (non-hydrogen) atoms. The number of anilines is 1. The monoisotopic (exact) mass is 419 g/mol. The van der Waals surface area contributed by atoms with Crippen LogP contribution in [0.5, 0.6) is 17.2 Å². The smallest absolute Gasteiger partial charge is 0.313 e. The van der Waals surface area contributed by atoms with Crippen LogP contribution in [-0.4, -0.2) is 24.1 Å². The van der Waals surface area contributed by atoms with E-state index in [1.165, 1.54) is 13.2 Å². The number of phenols is 1. The van der Waals surface area contributed by atoms with E-state index in [1.54, 1.807) is 38.1 Å². The first kappa shape index (κ1) is 21.9. The van der Waals surface area contributed by atoms with Crippen molar-refractivity contribution < 1.29 is 24.2 Å². The molecule has 0 spiro atoms. The summed E-state index contributed by atoms with van der Waals surface area (Å²) in [6.07, 6.45) is 0.150. The molecule has 0 fully saturated rings. The van der Waals surface area contributed by atoms with Gasteiger partial charge in [-0.3, -0.25) is 9.59 Å². The first-order valence-electron chi connectivity index (χ1n) is 9.93. The molecule has 0 saturated heterocycles. The van der Waals surface area contributed by atoms with E-state index in [9.17, 15) is 14.7 Å². The Balaban J connectivity index is 1.67. The maximum Gasteiger partial charge on any atom is 0.313 e. The highest BCUT2D eigenvalue weighted by Gasteiger charge is 2.11. The summed E-state index contributed by atoms with van der Waals surface area (Å²) in [7, 11) is 1.46. The number of ether oxygens (including phenoxy) is 2. The van der Waals surface area contributed by atoms with Crippen LogP contribution in [-0.2, 0) is 16.0 Å². The van der Waals surface area contributed by atoms with Crippen molar-refractivity contribution in [2.75, 3.05) is 12.4 Å². The molecular weight excluding hydrogens is 394 g/mol. The lowest BCUT2D eigenvalue weighted by Gasteiger charge is -2.10. The molecule has 0 radical (unpaired) electrons. The summed E-state index contributed by atoms with van der Waals surface area (Å²) in [6.45, 7) is 3.57. The molecule has 0 aromatic heterocycles. The molecule has 0 aliphatic carbocycles. The minimum absolute atomic E-state index is 0.0318. The quantitative estimate of drug-likeness (QED) is 0.424. The van der Waals surface area contributed by atoms with Gasteiger partial charge in [0.2, 0.25) is 5.91 Å². The number of esters is 1. The molecule has 6 heteroatoms. The van der Waals surface area contributed by atoms with E-state index in [2.05, 4.69) is 5.32 Å². The van der Waals surface area contributed by atoms with Crippen molar-refractivity contribution >= 4 is 17.6 Å². The first-order valence-corrected chi connectivity index (χ1v) is 9.93. The second-order valence-corrected chi connectivity index (χ2v) is 7.41. The largest absolute Gasteiger partial charge is 0.504 e. The minimum Gasteiger partial charge on any atom is -0.504 e. The Morgan fingerprint density at radius 2 is 1.71 bits per heavy atom. The van der Waals surface area contributed by atoms with Gasteiger partial charge in [0, 0.05) is 5.69 Å². The van der Waals surface area contributed by atoms with Crippen LogP contribution in [0.15, 0.2) is 66.7 Å². The zero-order valence-electron chi connectivity index (χ0n) is 17.7. The van der Waals surface area contributed by atoms with Crippen molar-refractivity contribution in [1.82, 2.24) is 0 Å². The van der Waals surface area contributed by atoms with Gasteiger partial charge < -0.3 is 19.9 Å². The molecule has 0 bridgehead atoms. The Labute approximate surface area is 181 Å². The molecule has 0 saturated carbocycles. The van der Waals surface area contributed by atoms with Gasteiger partial charge in [0.05, 0.1) is 19.4 Å². The maximum absolute atomic E-state index is 12.5. The lowest BCUT2D eigenvalue weighted by atomic mass is 10.0. The molecule has 160 valence electrons. The van der Waals surface area contributed by atoms with Crippen molar-refractivity contribution in [2.45, 2.75) is 20.3 Å². The van der Waals surface area contributed by atoms with Gasteiger partial charge in [-0.2, -0.15) is 0 Å². The van der Waals surface area contributed by atoms with Gasteiger partial charge in [-0.1, -0.05) is 44.2 Å². The van der Waals surface area contributed by atoms with Crippen LogP contribution in [0.4, 0.5) is 5.69 Å². The Kier molecular flexibility index (Phi) is 6.92. The first-order chi connectivity index (χ1) is 14.9. The maximum atomic E-state index is 12.5. The highest BCUT2D eigenvalue weighted by molar-refractivity contribution is 5.93. The van der Waals surface area contributed by atoms with E-state index in [0.717, 1.165) is 16.7 Å². The number of methoxy groups -OCH3 is 1. The van der Waals surface area contributed by atoms with Crippen LogP contribution >= 0.6 is 0 Å². The van der Waals surface area contributed by atoms with Crippen LogP contribution in [0.1, 0.15) is 19.4 Å². The second-order valence-electron chi connectivity index (χ2n) is 7.41. The summed E-state index contributed by atoms with van der Waals surface area (Å²) in [5.41, 5.74) is 3.26. The van der Waals surface area contributed by atoms with Crippen molar-refractivity contribution in [3.63, 3.8) is 0 Å². The molecule has 1 amide bonds. The number of carbonyl (C=O) groups is 2. The predicted octanol–water partition coefficient (Wildman–Crippen LogP) is 4.81. The highest BCUT2D eigenvalue weighted by Crippen LogP contribution is 2.27. The molecule has 3 aromatic rings. The fraction of sp³-hybridized carbons (Fsp3) is 0.200. The molecule has 3 aromatic carbocycles. The Hall–Kier alpha value is -3.80. The molecular formula is C25H25NO5. The summed E-state index contributed by atoms with van der Waals surface area (Å²) in [5, 5.41) is 12.6. The lowest BCUT2D eigenvalue weighted by Crippen LogP contribution is -2.14. The van der Waals surface area contributed by atoms with Gasteiger partial charge in [-0.05, 0) is 53.1 Å². The topological polar surface area (TPSA) is 84.9 Å². The normalized spacial score (nSPS) is 10.6. The molecule has 0 heterocycles. The number of hydrogen-bond donors (Lipinski definition) is 2. The fourth-order valence-corrected chi connectivity index (χ4v) is 2.95. The lowest BCUT2D eigenvalue weighted by molar-refractivity contribution is -0.137. The summed E-state index contributed by atoms with van der Waals surface area (Å²) < 4.78 is 10.4. The standard InChI is InChI=1S/C25H25NO5/c1-16(2)25(29)31-21-10-8-18(9-11-21)19-5-4-6-20(15-19)26-24(28)14-17-7-12-22(27)23(13-17)30-3/h4-13,15-16,27H,14H2,1-3H3,(H,26,28). The van der Waals surface area contributed by atoms with Gasteiger partial charge in [0.25, 0.3) is 0 Å². The predicted molar refractivity (Wildman–Crippen MR) is 119 cm³/mol. The third kappa shape index (κ3) is 5.85. The number of phenolic OH excluding ortho intramolecular Hbond substituents is 1. The number of nitrogens with one attached hydrogen (secondary N) is 1. The molecule has 3 rings (SSSR count). The number of hydrogen-bond acceptors (Lipinski definition) is 5. The van der Waals surface area contributed by atoms with E-state index in [1.807, 2.05) is 36.4 Å². The van der Waals surface area contributed by atoms with E-state index in [4.69, 9.17) is 9.47 Å². The molecule has 0 aliphatic rings. The Bertz CT molecular complexity index is 1070. The van der Waals surface area contributed by atoms with E-state index in [-0.39, 0.29) is 30.0 Å². The Morgan fingerprint density at radius 3 is 2.39 bits per heavy atom. The van der Waals surface area contributed by atoms with Gasteiger partial charge in [0.1, 0.15) is 5.75 Å². The molecule has 6 nitrogen and oxygen atoms in total. The van der Waals surface area contributed by atoms with Gasteiger partial charge in [-0.25, -0.2) is 0 Å². The van der Waals surface area contributed by atoms with Crippen molar-refractivity contribution in [3.8, 4) is 28.4 Å². The fourth-order valence-electron chi connectivity index (χ4n) is 2.95. The van der Waals surface area contributed by atoms with Crippen molar-refractivity contribution in [1.29, 1.82) is 0 Å². The SMILES string of the molecule is COc1cc(CC(=O)Nc2cccc(-c3ccc(OC(=O)C(C)C)cc3)c2)ccc1O. The number of rotatable bonds is 7. The number of benzene rings is 3. The number of amides is 1. The van der Waals surface area contributed by atoms with Crippen LogP contribution in [0, 0.1) is 5.92 Å². The van der Waals surface area contributed by atoms with Crippen LogP contribution < -0.4 is 14.8 Å². The number of aromatic hydroxyl groups is 1. The second kappa shape index (κ2) is 9.80. The van der Waals surface area contributed by atoms with Crippen LogP contribution in [0.3, 0.4) is 0 Å². The third-order valence-electron chi connectivity index (χ3n) is 4.63. The summed E-state index contributed by atoms with van der Waals surface area (Å²) >= 11 is 0. The van der Waals surface area contributed by atoms with Crippen LogP contribution in [0.25, 0.3) is 11.1 Å². The summed E-state index contributed by atoms with van der Waals surface area (Å²) in [5.74, 6) is 0.211. The number of carbonyl (C=O) groups excluding carboxylic acids is 2. The van der Waals surface area contributed by atoms with Gasteiger partial charge in [-0.15, -0.1) is 0 Å².